The van der Waals surface area contributed by atoms with Crippen molar-refractivity contribution in [1.29, 1.82) is 0 Å². The fraction of sp³-hybridized carbons (Fsp3) is 0.917. The lowest BCUT2D eigenvalue weighted by atomic mass is 10.1. The molecule has 0 radical (unpaired) electrons. The van der Waals surface area contributed by atoms with Gasteiger partial charge in [-0.25, -0.2) is 4.79 Å². The van der Waals surface area contributed by atoms with E-state index in [2.05, 4.69) is 10.6 Å². The van der Waals surface area contributed by atoms with Crippen LogP contribution in [0.15, 0.2) is 0 Å². The molecule has 0 atom stereocenters. The van der Waals surface area contributed by atoms with E-state index in [0.29, 0.717) is 6.54 Å². The van der Waals surface area contributed by atoms with E-state index in [1.165, 1.54) is 12.8 Å². The van der Waals surface area contributed by atoms with Crippen LogP contribution in [0.2, 0.25) is 0 Å². The lowest BCUT2D eigenvalue weighted by Crippen LogP contribution is -2.46. The number of carbonyl (C=O) groups is 1. The second-order valence-electron chi connectivity index (χ2n) is 5.50. The molecule has 4 nitrogen and oxygen atoms in total. The van der Waals surface area contributed by atoms with Gasteiger partial charge in [-0.3, -0.25) is 0 Å². The van der Waals surface area contributed by atoms with Crippen molar-refractivity contribution >= 4 is 6.03 Å². The Morgan fingerprint density at radius 2 is 2.06 bits per heavy atom. The van der Waals surface area contributed by atoms with Gasteiger partial charge < -0.3 is 15.4 Å². The zero-order valence-electron chi connectivity index (χ0n) is 10.6. The Labute approximate surface area is 98.1 Å². The van der Waals surface area contributed by atoms with Gasteiger partial charge in [0.15, 0.2) is 0 Å². The number of hydrogen-bond donors (Lipinski definition) is 2. The maximum Gasteiger partial charge on any atom is 0.315 e. The smallest absolute Gasteiger partial charge is 0.315 e. The highest BCUT2D eigenvalue weighted by molar-refractivity contribution is 5.74. The number of rotatable bonds is 6. The van der Waals surface area contributed by atoms with Gasteiger partial charge in [0, 0.05) is 25.3 Å². The molecule has 0 unspecified atom stereocenters. The summed E-state index contributed by atoms with van der Waals surface area (Å²) in [7, 11) is 0. The van der Waals surface area contributed by atoms with Crippen LogP contribution < -0.4 is 10.6 Å². The average molecular weight is 228 g/mol. The van der Waals surface area contributed by atoms with Crippen molar-refractivity contribution in [3.05, 3.63) is 0 Å². The van der Waals surface area contributed by atoms with Gasteiger partial charge >= 0.3 is 6.03 Å². The van der Waals surface area contributed by atoms with E-state index in [-0.39, 0.29) is 11.6 Å². The number of carbonyl (C=O) groups excluding carboxylic acids is 1. The molecule has 2 N–H and O–H groups in total. The largest absolute Gasteiger partial charge is 0.381 e. The molecule has 1 aliphatic carbocycles. The molecule has 0 spiro atoms. The second kappa shape index (κ2) is 6.09. The number of amides is 2. The van der Waals surface area contributed by atoms with Crippen LogP contribution in [-0.2, 0) is 4.74 Å². The number of hydrogen-bond acceptors (Lipinski definition) is 2. The number of nitrogens with one attached hydrogen (secondary N) is 2. The van der Waals surface area contributed by atoms with Crippen molar-refractivity contribution in [2.24, 2.45) is 5.92 Å². The Morgan fingerprint density at radius 3 is 2.62 bits per heavy atom. The van der Waals surface area contributed by atoms with Gasteiger partial charge in [-0.2, -0.15) is 0 Å². The summed E-state index contributed by atoms with van der Waals surface area (Å²) in [5, 5.41) is 5.66. The summed E-state index contributed by atoms with van der Waals surface area (Å²) >= 11 is 0. The molecule has 0 aromatic heterocycles. The highest BCUT2D eigenvalue weighted by atomic mass is 16.5. The van der Waals surface area contributed by atoms with Crippen LogP contribution in [0.5, 0.6) is 0 Å². The summed E-state index contributed by atoms with van der Waals surface area (Å²) in [6, 6.07) is -0.102. The third-order valence-electron chi connectivity index (χ3n) is 2.29. The van der Waals surface area contributed by atoms with Gasteiger partial charge in [0.1, 0.15) is 0 Å². The molecule has 4 heteroatoms. The monoisotopic (exact) mass is 228 g/mol. The first kappa shape index (κ1) is 13.3. The molecule has 0 saturated heterocycles. The summed E-state index contributed by atoms with van der Waals surface area (Å²) in [4.78, 5) is 11.3. The molecule has 0 heterocycles. The van der Waals surface area contributed by atoms with Gasteiger partial charge in [0.25, 0.3) is 0 Å². The van der Waals surface area contributed by atoms with E-state index in [0.717, 1.165) is 25.6 Å². The summed E-state index contributed by atoms with van der Waals surface area (Å²) in [6.07, 6.45) is 3.53. The Morgan fingerprint density at radius 1 is 1.38 bits per heavy atom. The average Bonchev–Trinajstić information content (AvgIpc) is 2.91. The molecule has 1 saturated carbocycles. The van der Waals surface area contributed by atoms with Crippen molar-refractivity contribution in [2.45, 2.75) is 45.6 Å². The fourth-order valence-corrected chi connectivity index (χ4v) is 1.30. The lowest BCUT2D eigenvalue weighted by Gasteiger charge is -2.20. The van der Waals surface area contributed by atoms with E-state index in [9.17, 15) is 4.79 Å². The zero-order valence-corrected chi connectivity index (χ0v) is 10.6. The Balaban J connectivity index is 1.87. The first-order chi connectivity index (χ1) is 7.47. The summed E-state index contributed by atoms with van der Waals surface area (Å²) in [5.41, 5.74) is -0.174. The van der Waals surface area contributed by atoms with Gasteiger partial charge in [-0.1, -0.05) is 0 Å². The molecule has 0 aromatic rings. The summed E-state index contributed by atoms with van der Waals surface area (Å²) in [6.45, 7) is 8.20. The van der Waals surface area contributed by atoms with Crippen molar-refractivity contribution in [2.75, 3.05) is 19.8 Å². The molecule has 1 fully saturated rings. The first-order valence-electron chi connectivity index (χ1n) is 6.11. The van der Waals surface area contributed by atoms with Crippen LogP contribution in [0, 0.1) is 5.92 Å². The predicted octanol–water partition coefficient (Wildman–Crippen LogP) is 1.90. The van der Waals surface area contributed by atoms with Crippen molar-refractivity contribution in [3.63, 3.8) is 0 Å². The maximum atomic E-state index is 11.3. The molecule has 16 heavy (non-hydrogen) atoms. The van der Waals surface area contributed by atoms with E-state index >= 15 is 0 Å². The molecule has 2 amide bonds. The Hall–Kier alpha value is -0.770. The van der Waals surface area contributed by atoms with Crippen molar-refractivity contribution in [1.82, 2.24) is 10.6 Å². The normalized spacial score (nSPS) is 15.9. The standard InChI is InChI=1S/C12H24N2O2/c1-12(2,3)14-11(15)13-7-4-8-16-9-10-5-6-10/h10H,4-9H2,1-3H3,(H2,13,14,15). The fourth-order valence-electron chi connectivity index (χ4n) is 1.30. The minimum Gasteiger partial charge on any atom is -0.381 e. The third-order valence-corrected chi connectivity index (χ3v) is 2.29. The Kier molecular flexibility index (Phi) is 5.06. The van der Waals surface area contributed by atoms with Gasteiger partial charge in [-0.15, -0.1) is 0 Å². The van der Waals surface area contributed by atoms with Crippen LogP contribution >= 0.6 is 0 Å². The van der Waals surface area contributed by atoms with E-state index in [1.54, 1.807) is 0 Å². The van der Waals surface area contributed by atoms with Crippen LogP contribution in [0.4, 0.5) is 4.79 Å². The molecule has 1 rings (SSSR count). The summed E-state index contributed by atoms with van der Waals surface area (Å²) < 4.78 is 5.47. The van der Waals surface area contributed by atoms with Gasteiger partial charge in [0.05, 0.1) is 0 Å². The lowest BCUT2D eigenvalue weighted by molar-refractivity contribution is 0.122. The Bertz CT molecular complexity index is 220. The van der Waals surface area contributed by atoms with Crippen molar-refractivity contribution in [3.8, 4) is 0 Å². The van der Waals surface area contributed by atoms with E-state index < -0.39 is 0 Å². The SMILES string of the molecule is CC(C)(C)NC(=O)NCCCOCC1CC1. The molecular weight excluding hydrogens is 204 g/mol. The van der Waals surface area contributed by atoms with Gasteiger partial charge in [0.2, 0.25) is 0 Å². The minimum absolute atomic E-state index is 0.102. The molecular formula is C12H24N2O2. The van der Waals surface area contributed by atoms with Crippen molar-refractivity contribution < 1.29 is 9.53 Å². The quantitative estimate of drug-likeness (QED) is 0.682. The minimum atomic E-state index is -0.174. The first-order valence-corrected chi connectivity index (χ1v) is 6.11. The highest BCUT2D eigenvalue weighted by Crippen LogP contribution is 2.28. The molecule has 94 valence electrons. The molecule has 0 aliphatic heterocycles. The van der Waals surface area contributed by atoms with Crippen LogP contribution in [0.25, 0.3) is 0 Å². The molecule has 0 aromatic carbocycles. The molecule has 1 aliphatic rings. The van der Waals surface area contributed by atoms with Crippen LogP contribution in [0.3, 0.4) is 0 Å². The van der Waals surface area contributed by atoms with Gasteiger partial charge in [-0.05, 0) is 46.0 Å². The summed E-state index contributed by atoms with van der Waals surface area (Å²) in [5.74, 6) is 0.817. The third kappa shape index (κ3) is 7.51. The highest BCUT2D eigenvalue weighted by Gasteiger charge is 2.20. The van der Waals surface area contributed by atoms with Crippen LogP contribution in [-0.4, -0.2) is 31.3 Å². The maximum absolute atomic E-state index is 11.3. The number of ether oxygens (including phenoxy) is 1. The second-order valence-corrected chi connectivity index (χ2v) is 5.50. The van der Waals surface area contributed by atoms with Crippen LogP contribution in [0.1, 0.15) is 40.0 Å². The molecule has 0 bridgehead atoms. The van der Waals surface area contributed by atoms with E-state index in [4.69, 9.17) is 4.74 Å². The van der Waals surface area contributed by atoms with E-state index in [1.807, 2.05) is 20.8 Å². The topological polar surface area (TPSA) is 50.4 Å². The predicted molar refractivity (Wildman–Crippen MR) is 64.4 cm³/mol. The number of urea groups is 1. The zero-order chi connectivity index (χ0) is 12.0.